The molecule has 2 heterocycles. The monoisotopic (exact) mass is 522 g/mol. The Bertz CT molecular complexity index is 1380. The van der Waals surface area contributed by atoms with Crippen molar-refractivity contribution < 1.29 is 45.6 Å². The van der Waals surface area contributed by atoms with Crippen molar-refractivity contribution in [2.45, 2.75) is 26.3 Å². The van der Waals surface area contributed by atoms with Gasteiger partial charge in [-0.15, -0.1) is 0 Å². The van der Waals surface area contributed by atoms with Gasteiger partial charge in [0.15, 0.2) is 24.0 Å². The second-order valence-corrected chi connectivity index (χ2v) is 8.20. The number of urea groups is 1. The topological polar surface area (TPSA) is 71.8 Å². The number of fused-ring (bicyclic) bond motifs is 1. The minimum absolute atomic E-state index is 0.0444. The zero-order valence-electron chi connectivity index (χ0n) is 19.7. The lowest BCUT2D eigenvalue weighted by atomic mass is 10.1. The smallest absolute Gasteiger partial charge is 0.420 e. The molecule has 0 saturated heterocycles. The number of amides is 2. The van der Waals surface area contributed by atoms with Crippen LogP contribution in [0.2, 0.25) is 0 Å². The number of nitrogens with zero attached hydrogens (tertiary/aromatic N) is 2. The van der Waals surface area contributed by atoms with Crippen LogP contribution in [-0.4, -0.2) is 25.7 Å². The van der Waals surface area contributed by atoms with Crippen molar-refractivity contribution in [3.8, 4) is 16.9 Å². The van der Waals surface area contributed by atoms with Gasteiger partial charge < -0.3 is 14.8 Å². The van der Waals surface area contributed by atoms with Crippen molar-refractivity contribution >= 4 is 23.4 Å². The zero-order chi connectivity index (χ0) is 26.9. The van der Waals surface area contributed by atoms with E-state index in [2.05, 4.69) is 5.32 Å². The molecule has 1 aromatic heterocycles. The summed E-state index contributed by atoms with van der Waals surface area (Å²) in [6.45, 7) is 1.16. The van der Waals surface area contributed by atoms with Gasteiger partial charge in [0.05, 0.1) is 12.7 Å². The standard InChI is InChI=1S/C25H20F5N3O4/c1-14(34)37-13-32-6-3-4-16(12-32)18-9-17(10-20(26)23(18)27)31-24(35)33-7-5-15-8-22(36-2)19(11-21(15)33)25(28,29)30/h3-4,6,8-12H,5,7,13H2,1-2H3/p+1. The van der Waals surface area contributed by atoms with E-state index in [1.54, 1.807) is 6.20 Å². The first-order valence-corrected chi connectivity index (χ1v) is 11.0. The highest BCUT2D eigenvalue weighted by Gasteiger charge is 2.37. The highest BCUT2D eigenvalue weighted by Crippen LogP contribution is 2.42. The van der Waals surface area contributed by atoms with Gasteiger partial charge in [-0.05, 0) is 36.2 Å². The summed E-state index contributed by atoms with van der Waals surface area (Å²) < 4.78 is 80.8. The van der Waals surface area contributed by atoms with Gasteiger partial charge in [-0.1, -0.05) is 0 Å². The molecule has 0 aliphatic carbocycles. The van der Waals surface area contributed by atoms with Crippen LogP contribution >= 0.6 is 0 Å². The summed E-state index contributed by atoms with van der Waals surface area (Å²) in [7, 11) is 1.13. The number of alkyl halides is 3. The van der Waals surface area contributed by atoms with Gasteiger partial charge in [0, 0.05) is 48.1 Å². The molecule has 0 radical (unpaired) electrons. The molecule has 2 aromatic carbocycles. The molecule has 12 heteroatoms. The van der Waals surface area contributed by atoms with Crippen LogP contribution < -0.4 is 19.5 Å². The summed E-state index contributed by atoms with van der Waals surface area (Å²) in [5, 5.41) is 2.44. The number of ether oxygens (including phenoxy) is 2. The lowest BCUT2D eigenvalue weighted by Gasteiger charge is -2.21. The van der Waals surface area contributed by atoms with E-state index in [1.165, 1.54) is 42.0 Å². The number of rotatable bonds is 5. The Morgan fingerprint density at radius 2 is 1.92 bits per heavy atom. The molecule has 0 saturated carbocycles. The highest BCUT2D eigenvalue weighted by atomic mass is 19.4. The van der Waals surface area contributed by atoms with Crippen LogP contribution in [0.1, 0.15) is 18.1 Å². The Hall–Kier alpha value is -4.22. The maximum atomic E-state index is 14.7. The predicted molar refractivity (Wildman–Crippen MR) is 122 cm³/mol. The Morgan fingerprint density at radius 1 is 1.16 bits per heavy atom. The van der Waals surface area contributed by atoms with Gasteiger partial charge in [0.1, 0.15) is 5.75 Å². The second kappa shape index (κ2) is 10.0. The number of methoxy groups -OCH3 is 1. The first-order valence-electron chi connectivity index (χ1n) is 11.0. The van der Waals surface area contributed by atoms with E-state index in [0.29, 0.717) is 5.56 Å². The highest BCUT2D eigenvalue weighted by molar-refractivity contribution is 6.03. The average molecular weight is 522 g/mol. The van der Waals surface area contributed by atoms with E-state index < -0.39 is 35.4 Å². The number of carbonyl (C=O) groups is 2. The molecule has 0 unspecified atom stereocenters. The van der Waals surface area contributed by atoms with Crippen LogP contribution in [0.25, 0.3) is 11.1 Å². The number of aromatic nitrogens is 1. The fourth-order valence-electron chi connectivity index (χ4n) is 4.01. The molecule has 37 heavy (non-hydrogen) atoms. The number of hydrogen-bond acceptors (Lipinski definition) is 4. The minimum Gasteiger partial charge on any atom is -0.496 e. The van der Waals surface area contributed by atoms with Crippen LogP contribution in [0.3, 0.4) is 0 Å². The largest absolute Gasteiger partial charge is 0.496 e. The third-order valence-corrected chi connectivity index (χ3v) is 5.71. The predicted octanol–water partition coefficient (Wildman–Crippen LogP) is 5.06. The van der Waals surface area contributed by atoms with E-state index in [4.69, 9.17) is 9.47 Å². The molecule has 1 aliphatic rings. The van der Waals surface area contributed by atoms with E-state index in [9.17, 15) is 31.5 Å². The summed E-state index contributed by atoms with van der Waals surface area (Å²) in [5.41, 5.74) is -0.563. The van der Waals surface area contributed by atoms with Crippen molar-refractivity contribution in [1.82, 2.24) is 0 Å². The van der Waals surface area contributed by atoms with Gasteiger partial charge in [-0.3, -0.25) is 9.69 Å². The average Bonchev–Trinajstić information content (AvgIpc) is 3.27. The second-order valence-electron chi connectivity index (χ2n) is 8.20. The lowest BCUT2D eigenvalue weighted by molar-refractivity contribution is -0.727. The molecule has 0 fully saturated rings. The van der Waals surface area contributed by atoms with Gasteiger partial charge in [-0.2, -0.15) is 17.7 Å². The summed E-state index contributed by atoms with van der Waals surface area (Å²) in [5.74, 6) is -3.29. The van der Waals surface area contributed by atoms with E-state index in [1.807, 2.05) is 0 Å². The Balaban J connectivity index is 1.62. The normalized spacial score (nSPS) is 12.8. The van der Waals surface area contributed by atoms with Crippen LogP contribution in [0.5, 0.6) is 5.75 Å². The van der Waals surface area contributed by atoms with Gasteiger partial charge in [-0.25, -0.2) is 13.6 Å². The van der Waals surface area contributed by atoms with Crippen molar-refractivity contribution in [3.63, 3.8) is 0 Å². The molecule has 0 bridgehead atoms. The number of anilines is 2. The molecule has 2 amide bonds. The van der Waals surface area contributed by atoms with Crippen molar-refractivity contribution in [3.05, 3.63) is 71.6 Å². The van der Waals surface area contributed by atoms with E-state index >= 15 is 0 Å². The summed E-state index contributed by atoms with van der Waals surface area (Å²) in [6, 6.07) is 6.27. The Kier molecular flexibility index (Phi) is 7.01. The summed E-state index contributed by atoms with van der Waals surface area (Å²) >= 11 is 0. The molecule has 1 N–H and O–H groups in total. The maximum absolute atomic E-state index is 14.7. The van der Waals surface area contributed by atoms with Gasteiger partial charge in [0.25, 0.3) is 6.73 Å². The number of carbonyl (C=O) groups excluding carboxylic acids is 2. The Morgan fingerprint density at radius 3 is 2.59 bits per heavy atom. The lowest BCUT2D eigenvalue weighted by Crippen LogP contribution is -2.35. The molecule has 4 rings (SSSR count). The number of benzene rings is 2. The van der Waals surface area contributed by atoms with Crippen LogP contribution in [-0.2, 0) is 28.9 Å². The fourth-order valence-corrected chi connectivity index (χ4v) is 4.01. The molecule has 0 atom stereocenters. The number of esters is 1. The molecule has 3 aromatic rings. The molecule has 7 nitrogen and oxygen atoms in total. The minimum atomic E-state index is -4.71. The molecular formula is C25H21F5N3O4+. The van der Waals surface area contributed by atoms with Gasteiger partial charge in [0.2, 0.25) is 0 Å². The summed E-state index contributed by atoms with van der Waals surface area (Å²) in [4.78, 5) is 25.1. The number of pyridine rings is 1. The first kappa shape index (κ1) is 25.9. The number of nitrogens with one attached hydrogen (secondary N) is 1. The van der Waals surface area contributed by atoms with Crippen molar-refractivity contribution in [1.29, 1.82) is 0 Å². The third kappa shape index (κ3) is 5.47. The van der Waals surface area contributed by atoms with Crippen LogP contribution in [0.15, 0.2) is 48.8 Å². The SMILES string of the molecule is COc1cc2c(cc1C(F)(F)F)N(C(=O)Nc1cc(F)c(F)c(-c3ccc[n+](COC(C)=O)c3)c1)CC2. The van der Waals surface area contributed by atoms with E-state index in [-0.39, 0.29) is 47.9 Å². The van der Waals surface area contributed by atoms with Gasteiger partial charge >= 0.3 is 18.2 Å². The first-order chi connectivity index (χ1) is 17.5. The maximum Gasteiger partial charge on any atom is 0.420 e. The summed E-state index contributed by atoms with van der Waals surface area (Å²) in [6.07, 6.45) is -1.44. The molecule has 0 spiro atoms. The van der Waals surface area contributed by atoms with Crippen LogP contribution in [0, 0.1) is 11.6 Å². The number of hydrogen-bond donors (Lipinski definition) is 1. The fraction of sp³-hybridized carbons (Fsp3) is 0.240. The quantitative estimate of drug-likeness (QED) is 0.289. The van der Waals surface area contributed by atoms with Crippen molar-refractivity contribution in [2.24, 2.45) is 0 Å². The third-order valence-electron chi connectivity index (χ3n) is 5.71. The zero-order valence-corrected chi connectivity index (χ0v) is 19.7. The Labute approximate surface area is 208 Å². The van der Waals surface area contributed by atoms with Crippen LogP contribution in [0.4, 0.5) is 38.1 Å². The van der Waals surface area contributed by atoms with Crippen molar-refractivity contribution in [2.75, 3.05) is 23.9 Å². The van der Waals surface area contributed by atoms with E-state index in [0.717, 1.165) is 24.1 Å². The number of halogens is 5. The molecule has 194 valence electrons. The molecule has 1 aliphatic heterocycles. The molecular weight excluding hydrogens is 501 g/mol.